The lowest BCUT2D eigenvalue weighted by Crippen LogP contribution is -2.43. The van der Waals surface area contributed by atoms with Crippen LogP contribution in [0.2, 0.25) is 0 Å². The summed E-state index contributed by atoms with van der Waals surface area (Å²) >= 11 is 0. The summed E-state index contributed by atoms with van der Waals surface area (Å²) in [6.07, 6.45) is 0.527. The van der Waals surface area contributed by atoms with E-state index in [1.54, 1.807) is 0 Å². The predicted octanol–water partition coefficient (Wildman–Crippen LogP) is -1.07. The van der Waals surface area contributed by atoms with Crippen molar-refractivity contribution in [2.75, 3.05) is 0 Å². The molecule has 1 rings (SSSR count). The van der Waals surface area contributed by atoms with Gasteiger partial charge < -0.3 is 25.5 Å². The number of aliphatic carboxylic acids is 1. The van der Waals surface area contributed by atoms with E-state index in [1.165, 1.54) is 0 Å². The van der Waals surface area contributed by atoms with E-state index in [4.69, 9.17) is 10.6 Å². The number of carbonyl (C=O) groups excluding carboxylic acids is 2. The molecule has 0 fully saturated rings. The summed E-state index contributed by atoms with van der Waals surface area (Å²) in [6, 6.07) is -1.38. The Morgan fingerprint density at radius 1 is 1.52 bits per heavy atom. The van der Waals surface area contributed by atoms with Gasteiger partial charge in [0, 0.05) is 6.42 Å². The average molecular weight is 296 g/mol. The van der Waals surface area contributed by atoms with Crippen LogP contribution in [0.1, 0.15) is 24.6 Å². The zero-order chi connectivity index (χ0) is 15.8. The Bertz CT molecular complexity index is 563. The predicted molar refractivity (Wildman–Crippen MR) is 65.0 cm³/mol. The second-order valence-electron chi connectivity index (χ2n) is 3.96. The third-order valence-electron chi connectivity index (χ3n) is 2.48. The summed E-state index contributed by atoms with van der Waals surface area (Å²) in [7, 11) is 0. The molecule has 1 amide bonds. The highest BCUT2D eigenvalue weighted by atomic mass is 16.4. The molecule has 0 aliphatic carbocycles. The van der Waals surface area contributed by atoms with Gasteiger partial charge in [-0.3, -0.25) is 9.59 Å². The SMILES string of the molecule is [N-]=[N+]=CC(=O)CC[C@H](NC(=O)[C@H](O)c1cocn1)C(=O)O. The average Bonchev–Trinajstić information content (AvgIpc) is 2.96. The standard InChI is InChI=1S/C11H12N4O6/c12-14-3-6(16)1-2-7(11(19)20)15-10(18)9(17)8-4-21-5-13-8/h3-5,7,9,17H,1-2H2,(H,15,18)(H,19,20)/t7-,9+/m0/s1. The minimum atomic E-state index is -1.68. The maximum Gasteiger partial charge on any atom is 0.326 e. The van der Waals surface area contributed by atoms with Crippen LogP contribution in [-0.2, 0) is 14.4 Å². The van der Waals surface area contributed by atoms with E-state index in [1.807, 2.05) is 0 Å². The van der Waals surface area contributed by atoms with Crippen molar-refractivity contribution >= 4 is 23.9 Å². The molecule has 0 aliphatic rings. The molecule has 10 nitrogen and oxygen atoms in total. The number of carbonyl (C=O) groups is 3. The fraction of sp³-hybridized carbons (Fsp3) is 0.364. The van der Waals surface area contributed by atoms with Gasteiger partial charge in [0.1, 0.15) is 18.0 Å². The zero-order valence-electron chi connectivity index (χ0n) is 10.7. The van der Waals surface area contributed by atoms with Gasteiger partial charge in [-0.1, -0.05) is 0 Å². The fourth-order valence-corrected chi connectivity index (χ4v) is 1.41. The van der Waals surface area contributed by atoms with Crippen LogP contribution in [0, 0.1) is 0 Å². The quantitative estimate of drug-likeness (QED) is 0.312. The maximum atomic E-state index is 11.7. The first-order chi connectivity index (χ1) is 9.95. The highest BCUT2D eigenvalue weighted by molar-refractivity contribution is 6.25. The molecule has 0 unspecified atom stereocenters. The van der Waals surface area contributed by atoms with Crippen molar-refractivity contribution in [2.24, 2.45) is 0 Å². The monoisotopic (exact) mass is 296 g/mol. The molecule has 3 N–H and O–H groups in total. The number of nitrogens with one attached hydrogen (secondary N) is 1. The van der Waals surface area contributed by atoms with Crippen molar-refractivity contribution in [1.29, 1.82) is 0 Å². The maximum absolute atomic E-state index is 11.7. The van der Waals surface area contributed by atoms with Crippen LogP contribution in [0.4, 0.5) is 0 Å². The van der Waals surface area contributed by atoms with Crippen LogP contribution in [0.25, 0.3) is 5.53 Å². The highest BCUT2D eigenvalue weighted by Gasteiger charge is 2.26. The van der Waals surface area contributed by atoms with Gasteiger partial charge in [0.05, 0.1) is 0 Å². The van der Waals surface area contributed by atoms with Crippen LogP contribution in [0.3, 0.4) is 0 Å². The first-order valence-electron chi connectivity index (χ1n) is 5.75. The van der Waals surface area contributed by atoms with E-state index >= 15 is 0 Å². The molecule has 112 valence electrons. The number of amides is 1. The van der Waals surface area contributed by atoms with Gasteiger partial charge in [0.2, 0.25) is 5.78 Å². The van der Waals surface area contributed by atoms with Gasteiger partial charge in [0.15, 0.2) is 12.5 Å². The number of aliphatic hydroxyl groups excluding tert-OH is 1. The lowest BCUT2D eigenvalue weighted by molar-refractivity contribution is -0.143. The molecule has 0 saturated heterocycles. The second-order valence-corrected chi connectivity index (χ2v) is 3.96. The molecule has 0 radical (unpaired) electrons. The number of ketones is 1. The summed E-state index contributed by atoms with van der Waals surface area (Å²) in [4.78, 5) is 39.8. The first-order valence-corrected chi connectivity index (χ1v) is 5.75. The van der Waals surface area contributed by atoms with Gasteiger partial charge in [-0.05, 0) is 6.42 Å². The third kappa shape index (κ3) is 4.97. The van der Waals surface area contributed by atoms with E-state index in [2.05, 4.69) is 19.5 Å². The van der Waals surface area contributed by atoms with Crippen LogP contribution in [0.5, 0.6) is 0 Å². The van der Waals surface area contributed by atoms with E-state index in [9.17, 15) is 19.5 Å². The summed E-state index contributed by atoms with van der Waals surface area (Å²) < 4.78 is 4.59. The number of aromatic nitrogens is 1. The topological polar surface area (TPSA) is 166 Å². The van der Waals surface area contributed by atoms with Crippen LogP contribution < -0.4 is 5.32 Å². The van der Waals surface area contributed by atoms with Gasteiger partial charge >= 0.3 is 12.2 Å². The number of carboxylic acid groups (broad SMARTS) is 1. The summed E-state index contributed by atoms with van der Waals surface area (Å²) in [5, 5.41) is 20.6. The first kappa shape index (κ1) is 16.2. The molecule has 10 heteroatoms. The Morgan fingerprint density at radius 3 is 2.76 bits per heavy atom. The Kier molecular flexibility index (Phi) is 5.93. The van der Waals surface area contributed by atoms with E-state index in [0.29, 0.717) is 6.21 Å². The molecular weight excluding hydrogens is 284 g/mol. The van der Waals surface area contributed by atoms with Crippen LogP contribution in [-0.4, -0.2) is 49.9 Å². The van der Waals surface area contributed by atoms with E-state index in [-0.39, 0.29) is 18.5 Å². The molecular formula is C11H12N4O6. The lowest BCUT2D eigenvalue weighted by Gasteiger charge is -2.15. The molecule has 1 aromatic rings. The summed E-state index contributed by atoms with van der Waals surface area (Å²) in [5.41, 5.74) is 8.08. The molecule has 21 heavy (non-hydrogen) atoms. The number of oxazole rings is 1. The van der Waals surface area contributed by atoms with Crippen LogP contribution >= 0.6 is 0 Å². The molecule has 1 aromatic heterocycles. The van der Waals surface area contributed by atoms with Crippen molar-refractivity contribution in [1.82, 2.24) is 10.3 Å². The number of hydrogen-bond acceptors (Lipinski definition) is 6. The zero-order valence-corrected chi connectivity index (χ0v) is 10.7. The van der Waals surface area contributed by atoms with Crippen molar-refractivity contribution in [3.63, 3.8) is 0 Å². The van der Waals surface area contributed by atoms with Crippen molar-refractivity contribution < 1.29 is 33.8 Å². The molecule has 0 aromatic carbocycles. The number of Topliss-reactive ketones (excluding diaryl/α,β-unsaturated/α-hetero) is 1. The minimum Gasteiger partial charge on any atom is -0.480 e. The van der Waals surface area contributed by atoms with Gasteiger partial charge in [0.25, 0.3) is 5.91 Å². The normalized spacial score (nSPS) is 12.8. The Labute approximate surface area is 118 Å². The number of nitrogens with zero attached hydrogens (tertiary/aromatic N) is 3. The number of carboxylic acids is 1. The molecule has 0 aliphatic heterocycles. The van der Waals surface area contributed by atoms with Crippen molar-refractivity contribution in [2.45, 2.75) is 25.0 Å². The summed E-state index contributed by atoms with van der Waals surface area (Å²) in [6.45, 7) is 0. The second kappa shape index (κ2) is 7.68. The summed E-state index contributed by atoms with van der Waals surface area (Å²) in [5.74, 6) is -2.96. The number of hydrogen-bond donors (Lipinski definition) is 3. The van der Waals surface area contributed by atoms with E-state index < -0.39 is 29.8 Å². The largest absolute Gasteiger partial charge is 0.480 e. The highest BCUT2D eigenvalue weighted by Crippen LogP contribution is 2.10. The molecule has 0 saturated carbocycles. The minimum absolute atomic E-state index is 0.0693. The van der Waals surface area contributed by atoms with Gasteiger partial charge in [-0.15, -0.1) is 0 Å². The fourth-order valence-electron chi connectivity index (χ4n) is 1.41. The lowest BCUT2D eigenvalue weighted by atomic mass is 10.1. The molecule has 0 spiro atoms. The Balaban J connectivity index is 2.61. The molecule has 0 bridgehead atoms. The van der Waals surface area contributed by atoms with Crippen LogP contribution in [0.15, 0.2) is 17.1 Å². The number of rotatable bonds is 8. The van der Waals surface area contributed by atoms with Crippen molar-refractivity contribution in [3.05, 3.63) is 23.9 Å². The van der Waals surface area contributed by atoms with Gasteiger partial charge in [-0.25, -0.2) is 9.78 Å². The molecule has 2 atom stereocenters. The Morgan fingerprint density at radius 2 is 2.24 bits per heavy atom. The van der Waals surface area contributed by atoms with Gasteiger partial charge in [-0.2, -0.15) is 4.79 Å². The number of aliphatic hydroxyl groups is 1. The van der Waals surface area contributed by atoms with E-state index in [0.717, 1.165) is 12.7 Å². The molecule has 1 heterocycles. The third-order valence-corrected chi connectivity index (χ3v) is 2.48. The smallest absolute Gasteiger partial charge is 0.326 e. The van der Waals surface area contributed by atoms with Crippen molar-refractivity contribution in [3.8, 4) is 0 Å². The Hall–Kier alpha value is -2.84.